The van der Waals surface area contributed by atoms with Gasteiger partial charge < -0.3 is 42.2 Å². The Bertz CT molecular complexity index is 1460. The van der Waals surface area contributed by atoms with E-state index in [9.17, 15) is 10.2 Å². The maximum absolute atomic E-state index is 15.1. The Kier molecular flexibility index (Phi) is 10.4. The van der Waals surface area contributed by atoms with Crippen molar-refractivity contribution in [3.63, 3.8) is 0 Å². The number of anilines is 1. The van der Waals surface area contributed by atoms with Crippen LogP contribution < -0.4 is 37.7 Å². The highest BCUT2D eigenvalue weighted by Gasteiger charge is 2.20. The number of fused-ring (bicyclic) bond motifs is 1. The van der Waals surface area contributed by atoms with Crippen LogP contribution in [0.25, 0.3) is 17.5 Å². The molecule has 1 aliphatic heterocycles. The summed E-state index contributed by atoms with van der Waals surface area (Å²) in [5, 5.41) is 34.6. The number of nitrogens with one attached hydrogen (secondary N) is 4. The van der Waals surface area contributed by atoms with Crippen LogP contribution in [0.1, 0.15) is 43.4 Å². The van der Waals surface area contributed by atoms with Crippen molar-refractivity contribution in [2.45, 2.75) is 51.0 Å². The molecule has 1 aromatic heterocycles. The molecule has 0 bridgehead atoms. The molecule has 0 radical (unpaired) electrons. The average molecular weight is 585 g/mol. The molecular formula is C29H38ClFN8O2. The number of aliphatic hydroxyl groups is 2. The van der Waals surface area contributed by atoms with E-state index in [0.29, 0.717) is 40.7 Å². The fraction of sp³-hybridized carbons (Fsp3) is 0.379. The van der Waals surface area contributed by atoms with Crippen LogP contribution in [0.3, 0.4) is 0 Å². The van der Waals surface area contributed by atoms with Crippen LogP contribution in [0.2, 0.25) is 5.02 Å². The molecule has 3 aromatic rings. The highest BCUT2D eigenvalue weighted by molar-refractivity contribution is 6.31. The first-order valence-electron chi connectivity index (χ1n) is 13.7. The van der Waals surface area contributed by atoms with Crippen molar-refractivity contribution in [3.05, 3.63) is 75.1 Å². The number of aryl methyl sites for hydroxylation is 1. The van der Waals surface area contributed by atoms with Gasteiger partial charge in [0.15, 0.2) is 11.8 Å². The van der Waals surface area contributed by atoms with E-state index in [-0.39, 0.29) is 29.7 Å². The molecule has 10 nitrogen and oxygen atoms in total. The molecule has 12 heteroatoms. The number of nitrogens with zero attached hydrogens (tertiary/aromatic N) is 2. The standard InChI is InChI=1S/C29H38ClFN8O2/c1-17(32)4-2-5-18-12-22(26(31)23(30)13-18)24-14-20-15-39(29(41)38-27(20)37-24)21-8-6-19(7-9-21)25(16-40)35-10-3-11-36-28(33)34/h6-9,12-15,17,25,29,35,40-41H,2-5,10-11,16,32H2,1H3,(H,37,38)(H4,33,34,36)/t17-,25-,29?/m0/s1. The van der Waals surface area contributed by atoms with E-state index in [0.717, 1.165) is 36.8 Å². The van der Waals surface area contributed by atoms with Crippen LogP contribution in [-0.4, -0.2) is 53.2 Å². The van der Waals surface area contributed by atoms with Crippen molar-refractivity contribution in [3.8, 4) is 11.3 Å². The normalized spacial score (nSPS) is 16.0. The zero-order valence-electron chi connectivity index (χ0n) is 23.0. The van der Waals surface area contributed by atoms with E-state index in [2.05, 4.69) is 20.6 Å². The molecule has 0 saturated carbocycles. The van der Waals surface area contributed by atoms with Crippen molar-refractivity contribution in [2.24, 2.45) is 16.5 Å². The van der Waals surface area contributed by atoms with Gasteiger partial charge in [0.25, 0.3) is 0 Å². The lowest BCUT2D eigenvalue weighted by Crippen LogP contribution is -2.41. The third kappa shape index (κ3) is 7.84. The van der Waals surface area contributed by atoms with E-state index in [1.807, 2.05) is 31.2 Å². The lowest BCUT2D eigenvalue weighted by Gasteiger charge is -2.26. The topological polar surface area (TPSA) is 172 Å². The van der Waals surface area contributed by atoms with Crippen LogP contribution in [0.15, 0.2) is 47.5 Å². The molecule has 0 amide bonds. The first-order chi connectivity index (χ1) is 19.7. The molecule has 2 heterocycles. The molecule has 3 atom stereocenters. The van der Waals surface area contributed by atoms with Gasteiger partial charge in [0.2, 0.25) is 6.35 Å². The molecule has 0 saturated heterocycles. The molecule has 0 aliphatic carbocycles. The summed E-state index contributed by atoms with van der Waals surface area (Å²) < 4.78 is 15.1. The van der Waals surface area contributed by atoms with Crippen molar-refractivity contribution in [1.29, 1.82) is 5.41 Å². The highest BCUT2D eigenvalue weighted by Crippen LogP contribution is 2.29. The van der Waals surface area contributed by atoms with Crippen molar-refractivity contribution < 1.29 is 14.6 Å². The SMILES string of the molecule is C[C@H](N)CCCc1cc(Cl)c(F)c(-c2cc3c([nH]2)=NC(O)N(c2ccc([C@H](CO)NCCCNC(=N)N)cc2)C=3)c1. The highest BCUT2D eigenvalue weighted by atomic mass is 35.5. The Balaban J connectivity index is 1.51. The maximum atomic E-state index is 15.1. The molecule has 1 unspecified atom stereocenters. The summed E-state index contributed by atoms with van der Waals surface area (Å²) in [5.74, 6) is -0.586. The van der Waals surface area contributed by atoms with E-state index < -0.39 is 12.2 Å². The van der Waals surface area contributed by atoms with Crippen LogP contribution >= 0.6 is 11.6 Å². The lowest BCUT2D eigenvalue weighted by molar-refractivity contribution is 0.186. The van der Waals surface area contributed by atoms with Crippen molar-refractivity contribution >= 4 is 29.4 Å². The largest absolute Gasteiger partial charge is 0.394 e. The van der Waals surface area contributed by atoms with E-state index in [1.54, 1.807) is 29.3 Å². The average Bonchev–Trinajstić information content (AvgIpc) is 3.34. The summed E-state index contributed by atoms with van der Waals surface area (Å²) in [6, 6.07) is 12.5. The Morgan fingerprint density at radius 3 is 2.66 bits per heavy atom. The number of hydrogen-bond donors (Lipinski definition) is 8. The number of halogens is 2. The summed E-state index contributed by atoms with van der Waals surface area (Å²) in [7, 11) is 0. The second kappa shape index (κ2) is 13.9. The zero-order valence-corrected chi connectivity index (χ0v) is 23.8. The number of aliphatic hydroxyl groups excluding tert-OH is 2. The summed E-state index contributed by atoms with van der Waals surface area (Å²) in [5.41, 5.74) is 15.0. The molecule has 1 aliphatic rings. The number of nitrogens with two attached hydrogens (primary N) is 2. The first-order valence-corrected chi connectivity index (χ1v) is 14.0. The van der Waals surface area contributed by atoms with E-state index in [4.69, 9.17) is 28.5 Å². The number of H-pyrrole nitrogens is 1. The Labute approximate surface area is 243 Å². The van der Waals surface area contributed by atoms with E-state index >= 15 is 4.39 Å². The second-order valence-corrected chi connectivity index (χ2v) is 10.7. The molecule has 41 heavy (non-hydrogen) atoms. The molecule has 10 N–H and O–H groups in total. The molecular weight excluding hydrogens is 547 g/mol. The summed E-state index contributed by atoms with van der Waals surface area (Å²) >= 11 is 6.23. The lowest BCUT2D eigenvalue weighted by atomic mass is 10.0. The third-order valence-electron chi connectivity index (χ3n) is 6.94. The maximum Gasteiger partial charge on any atom is 0.231 e. The molecule has 220 valence electrons. The minimum atomic E-state index is -1.18. The van der Waals surface area contributed by atoms with Crippen LogP contribution in [-0.2, 0) is 6.42 Å². The molecule has 2 aromatic carbocycles. The van der Waals surface area contributed by atoms with Crippen LogP contribution in [0.5, 0.6) is 0 Å². The minimum Gasteiger partial charge on any atom is -0.394 e. The van der Waals surface area contributed by atoms with Crippen LogP contribution in [0, 0.1) is 11.2 Å². The van der Waals surface area contributed by atoms with Crippen LogP contribution in [0.4, 0.5) is 10.1 Å². The zero-order chi connectivity index (χ0) is 29.5. The van der Waals surface area contributed by atoms with Gasteiger partial charge in [-0.25, -0.2) is 9.38 Å². The van der Waals surface area contributed by atoms with Gasteiger partial charge in [-0.15, -0.1) is 0 Å². The Morgan fingerprint density at radius 2 is 1.98 bits per heavy atom. The monoisotopic (exact) mass is 584 g/mol. The number of aromatic amines is 1. The number of aromatic nitrogens is 1. The van der Waals surface area contributed by atoms with Gasteiger partial charge in [-0.05, 0) is 80.6 Å². The fourth-order valence-electron chi connectivity index (χ4n) is 4.78. The molecule has 4 rings (SSSR count). The Morgan fingerprint density at radius 1 is 1.22 bits per heavy atom. The predicted octanol–water partition coefficient (Wildman–Crippen LogP) is 1.79. The van der Waals surface area contributed by atoms with Gasteiger partial charge >= 0.3 is 0 Å². The summed E-state index contributed by atoms with van der Waals surface area (Å²) in [6.07, 6.45) is 3.78. The summed E-state index contributed by atoms with van der Waals surface area (Å²) in [6.45, 7) is 3.07. The quantitative estimate of drug-likeness (QED) is 0.0859. The molecule has 0 fully saturated rings. The number of guanidine groups is 1. The van der Waals surface area contributed by atoms with Gasteiger partial charge in [0.1, 0.15) is 5.49 Å². The predicted molar refractivity (Wildman–Crippen MR) is 160 cm³/mol. The minimum absolute atomic E-state index is 0.0527. The smallest absolute Gasteiger partial charge is 0.231 e. The van der Waals surface area contributed by atoms with Gasteiger partial charge in [-0.1, -0.05) is 23.7 Å². The first kappa shape index (κ1) is 30.5. The van der Waals surface area contributed by atoms with E-state index in [1.165, 1.54) is 0 Å². The number of benzene rings is 2. The summed E-state index contributed by atoms with van der Waals surface area (Å²) in [4.78, 5) is 9.12. The third-order valence-corrected chi connectivity index (χ3v) is 7.21. The van der Waals surface area contributed by atoms with Gasteiger partial charge in [0, 0.05) is 35.3 Å². The second-order valence-electron chi connectivity index (χ2n) is 10.3. The van der Waals surface area contributed by atoms with Gasteiger partial charge in [-0.2, -0.15) is 0 Å². The van der Waals surface area contributed by atoms with Gasteiger partial charge in [-0.3, -0.25) is 5.41 Å². The van der Waals surface area contributed by atoms with Gasteiger partial charge in [0.05, 0.1) is 23.4 Å². The fourth-order valence-corrected chi connectivity index (χ4v) is 5.02. The Hall–Kier alpha value is -3.48. The number of hydrogen-bond acceptors (Lipinski definition) is 7. The van der Waals surface area contributed by atoms with Crippen molar-refractivity contribution in [1.82, 2.24) is 15.6 Å². The van der Waals surface area contributed by atoms with Crippen molar-refractivity contribution in [2.75, 3.05) is 24.6 Å². The number of rotatable bonds is 13. The molecule has 0 spiro atoms.